The quantitative estimate of drug-likeness (QED) is 0.350. The van der Waals surface area contributed by atoms with Crippen LogP contribution in [0.3, 0.4) is 0 Å². The van der Waals surface area contributed by atoms with Gasteiger partial charge < -0.3 is 0 Å². The Hall–Kier alpha value is -3.67. The maximum absolute atomic E-state index is 13.9. The highest BCUT2D eigenvalue weighted by atomic mass is 32.2. The molecule has 0 aromatic heterocycles. The highest BCUT2D eigenvalue weighted by Gasteiger charge is 2.47. The third-order valence-electron chi connectivity index (χ3n) is 6.05. The first kappa shape index (κ1) is 22.1. The van der Waals surface area contributed by atoms with Crippen LogP contribution >= 0.6 is 0 Å². The van der Waals surface area contributed by atoms with E-state index in [4.69, 9.17) is 4.84 Å². The molecule has 4 aromatic carbocycles. The minimum Gasteiger partial charge on any atom is -0.238 e. The predicted octanol–water partition coefficient (Wildman–Crippen LogP) is 6.22. The summed E-state index contributed by atoms with van der Waals surface area (Å²) in [6, 6.07) is 34.0. The Morgan fingerprint density at radius 2 is 1.15 bits per heavy atom. The first-order valence-corrected chi connectivity index (χ1v) is 12.6. The van der Waals surface area contributed by atoms with Crippen molar-refractivity contribution >= 4 is 15.7 Å². The third-order valence-corrected chi connectivity index (χ3v) is 7.63. The van der Waals surface area contributed by atoms with Crippen LogP contribution in [0.2, 0.25) is 0 Å². The molecular formula is C29H25NO3S. The van der Waals surface area contributed by atoms with E-state index in [-0.39, 0.29) is 4.90 Å². The lowest BCUT2D eigenvalue weighted by Gasteiger charge is -2.30. The molecule has 0 radical (unpaired) electrons. The van der Waals surface area contributed by atoms with Crippen molar-refractivity contribution in [1.82, 2.24) is 4.47 Å². The van der Waals surface area contributed by atoms with E-state index in [2.05, 4.69) is 0 Å². The summed E-state index contributed by atoms with van der Waals surface area (Å²) in [6.45, 7) is 3.95. The molecule has 5 heteroatoms. The van der Waals surface area contributed by atoms with Gasteiger partial charge in [0.1, 0.15) is 0 Å². The zero-order valence-electron chi connectivity index (χ0n) is 19.0. The van der Waals surface area contributed by atoms with Crippen LogP contribution in [0.4, 0.5) is 0 Å². The summed E-state index contributed by atoms with van der Waals surface area (Å²) in [4.78, 5) is 6.70. The Bertz CT molecular complexity index is 1430. The Labute approximate surface area is 200 Å². The molecule has 5 rings (SSSR count). The van der Waals surface area contributed by atoms with Gasteiger partial charge in [-0.3, -0.25) is 0 Å². The summed E-state index contributed by atoms with van der Waals surface area (Å²) in [5.74, 6) is 0. The van der Waals surface area contributed by atoms with E-state index in [9.17, 15) is 8.42 Å². The van der Waals surface area contributed by atoms with E-state index < -0.39 is 15.6 Å². The molecule has 170 valence electrons. The molecule has 0 fully saturated rings. The fraction of sp³-hybridized carbons (Fsp3) is 0.103. The van der Waals surface area contributed by atoms with Crippen molar-refractivity contribution in [2.75, 3.05) is 0 Å². The van der Waals surface area contributed by atoms with Crippen molar-refractivity contribution in [3.8, 4) is 0 Å². The Morgan fingerprint density at radius 1 is 0.647 bits per heavy atom. The first-order chi connectivity index (χ1) is 16.4. The SMILES string of the molecule is Cc1ccc(C2(c3ccccc3)C=C(c3ccccc3)N(S(=O)(=O)c3ccc(C)cc3)O2)cc1. The topological polar surface area (TPSA) is 46.6 Å². The summed E-state index contributed by atoms with van der Waals surface area (Å²) in [7, 11) is -4.01. The zero-order chi connectivity index (χ0) is 23.8. The molecule has 4 aromatic rings. The third kappa shape index (κ3) is 3.83. The summed E-state index contributed by atoms with van der Waals surface area (Å²) in [5.41, 5.74) is 3.90. The van der Waals surface area contributed by atoms with Gasteiger partial charge in [-0.15, -0.1) is 4.47 Å². The van der Waals surface area contributed by atoms with Crippen LogP contribution in [0.5, 0.6) is 0 Å². The molecule has 1 unspecified atom stereocenters. The van der Waals surface area contributed by atoms with Crippen molar-refractivity contribution < 1.29 is 13.3 Å². The fourth-order valence-corrected chi connectivity index (χ4v) is 5.46. The summed E-state index contributed by atoms with van der Waals surface area (Å²) in [5, 5.41) is 0. The largest absolute Gasteiger partial charge is 0.286 e. The number of rotatable bonds is 5. The molecule has 0 saturated carbocycles. The lowest BCUT2D eigenvalue weighted by Crippen LogP contribution is -2.34. The Morgan fingerprint density at radius 3 is 1.74 bits per heavy atom. The Kier molecular flexibility index (Phi) is 5.60. The first-order valence-electron chi connectivity index (χ1n) is 11.1. The zero-order valence-corrected chi connectivity index (χ0v) is 19.9. The molecular weight excluding hydrogens is 442 g/mol. The van der Waals surface area contributed by atoms with Crippen LogP contribution in [0, 0.1) is 13.8 Å². The highest BCUT2D eigenvalue weighted by Crippen LogP contribution is 2.47. The maximum atomic E-state index is 13.9. The van der Waals surface area contributed by atoms with Crippen molar-refractivity contribution in [1.29, 1.82) is 0 Å². The molecule has 1 heterocycles. The highest BCUT2D eigenvalue weighted by molar-refractivity contribution is 7.89. The van der Waals surface area contributed by atoms with E-state index in [1.807, 2.05) is 105 Å². The van der Waals surface area contributed by atoms with Crippen LogP contribution in [0.25, 0.3) is 5.70 Å². The van der Waals surface area contributed by atoms with E-state index >= 15 is 0 Å². The van der Waals surface area contributed by atoms with Gasteiger partial charge in [0.15, 0.2) is 5.60 Å². The van der Waals surface area contributed by atoms with Gasteiger partial charge in [-0.1, -0.05) is 108 Å². The average molecular weight is 468 g/mol. The van der Waals surface area contributed by atoms with Crippen molar-refractivity contribution in [3.05, 3.63) is 143 Å². The number of aryl methyl sites for hydroxylation is 2. The number of hydrogen-bond donors (Lipinski definition) is 0. The van der Waals surface area contributed by atoms with Crippen LogP contribution < -0.4 is 0 Å². The van der Waals surface area contributed by atoms with Crippen molar-refractivity contribution in [2.24, 2.45) is 0 Å². The van der Waals surface area contributed by atoms with E-state index in [0.717, 1.165) is 32.3 Å². The second-order valence-electron chi connectivity index (χ2n) is 8.50. The monoisotopic (exact) mass is 467 g/mol. The van der Waals surface area contributed by atoms with Crippen molar-refractivity contribution in [2.45, 2.75) is 24.3 Å². The van der Waals surface area contributed by atoms with Crippen LogP contribution in [0.1, 0.15) is 27.8 Å². The lowest BCUT2D eigenvalue weighted by molar-refractivity contribution is -0.102. The van der Waals surface area contributed by atoms with Gasteiger partial charge in [-0.05, 0) is 43.2 Å². The second-order valence-corrected chi connectivity index (χ2v) is 10.3. The van der Waals surface area contributed by atoms with Crippen LogP contribution in [-0.2, 0) is 20.5 Å². The van der Waals surface area contributed by atoms with E-state index in [1.165, 1.54) is 0 Å². The number of hydrogen-bond acceptors (Lipinski definition) is 3. The number of hydroxylamine groups is 1. The van der Waals surface area contributed by atoms with E-state index in [0.29, 0.717) is 5.70 Å². The number of nitrogens with zero attached hydrogens (tertiary/aromatic N) is 1. The molecule has 0 aliphatic carbocycles. The average Bonchev–Trinajstić information content (AvgIpc) is 3.29. The molecule has 0 bridgehead atoms. The maximum Gasteiger partial charge on any atom is 0.286 e. The second kappa shape index (κ2) is 8.60. The van der Waals surface area contributed by atoms with E-state index in [1.54, 1.807) is 24.3 Å². The van der Waals surface area contributed by atoms with Gasteiger partial charge in [0.2, 0.25) is 0 Å². The van der Waals surface area contributed by atoms with Gasteiger partial charge in [-0.25, -0.2) is 4.84 Å². The number of benzene rings is 4. The number of sulfonamides is 1. The van der Waals surface area contributed by atoms with Crippen LogP contribution in [-0.4, -0.2) is 12.9 Å². The summed E-state index contributed by atoms with van der Waals surface area (Å²) in [6.07, 6.45) is 1.91. The lowest BCUT2D eigenvalue weighted by atomic mass is 9.85. The molecule has 1 atom stereocenters. The molecule has 1 aliphatic rings. The molecule has 34 heavy (non-hydrogen) atoms. The molecule has 1 aliphatic heterocycles. The van der Waals surface area contributed by atoms with Crippen LogP contribution in [0.15, 0.2) is 120 Å². The van der Waals surface area contributed by atoms with Gasteiger partial charge in [0.25, 0.3) is 10.0 Å². The minimum atomic E-state index is -4.01. The standard InChI is InChI=1S/C29H25NO3S/c1-22-13-17-26(18-14-22)29(25-11-7-4-8-12-25)21-28(24-9-5-3-6-10-24)30(33-29)34(31,32)27-19-15-23(2)16-20-27/h3-21H,1-2H3. The molecule has 4 nitrogen and oxygen atoms in total. The molecule has 0 N–H and O–H groups in total. The predicted molar refractivity (Wildman–Crippen MR) is 134 cm³/mol. The van der Waals surface area contributed by atoms with Crippen molar-refractivity contribution in [3.63, 3.8) is 0 Å². The van der Waals surface area contributed by atoms with Gasteiger partial charge in [0, 0.05) is 5.56 Å². The molecule has 0 spiro atoms. The summed E-state index contributed by atoms with van der Waals surface area (Å²) >= 11 is 0. The Balaban J connectivity index is 1.75. The summed E-state index contributed by atoms with van der Waals surface area (Å²) < 4.78 is 28.9. The van der Waals surface area contributed by atoms with Gasteiger partial charge in [-0.2, -0.15) is 8.42 Å². The smallest absolute Gasteiger partial charge is 0.238 e. The molecule has 0 amide bonds. The normalized spacial score (nSPS) is 18.1. The fourth-order valence-electron chi connectivity index (χ4n) is 4.16. The van der Waals surface area contributed by atoms with Gasteiger partial charge >= 0.3 is 0 Å². The van der Waals surface area contributed by atoms with Gasteiger partial charge in [0.05, 0.1) is 10.6 Å². The molecule has 0 saturated heterocycles. The minimum absolute atomic E-state index is 0.174.